The van der Waals surface area contributed by atoms with Crippen LogP contribution in [0, 0.1) is 5.92 Å². The van der Waals surface area contributed by atoms with Crippen molar-refractivity contribution in [1.29, 1.82) is 0 Å². The quantitative estimate of drug-likeness (QED) is 0.487. The third-order valence-electron chi connectivity index (χ3n) is 5.70. The summed E-state index contributed by atoms with van der Waals surface area (Å²) in [5.41, 5.74) is 1.62. The van der Waals surface area contributed by atoms with E-state index >= 15 is 0 Å². The summed E-state index contributed by atoms with van der Waals surface area (Å²) in [6, 6.07) is 12.6. The fraction of sp³-hybridized carbons (Fsp3) is 0.458. The number of nitrogens with one attached hydrogen (secondary N) is 1. The second-order valence-corrected chi connectivity index (χ2v) is 11.3. The van der Waals surface area contributed by atoms with Gasteiger partial charge >= 0.3 is 0 Å². The van der Waals surface area contributed by atoms with Gasteiger partial charge in [0.2, 0.25) is 15.9 Å². The van der Waals surface area contributed by atoms with Crippen LogP contribution in [0.3, 0.4) is 0 Å². The highest BCUT2D eigenvalue weighted by Crippen LogP contribution is 2.27. The normalized spacial score (nSPS) is 17.2. The SMILES string of the molecule is CC(C)c1ccccc1OCCNC(=O)C1CCCN(S(=O)(=O)Cc2ccc(Cl)cc2Cl)C1. The maximum absolute atomic E-state index is 12.9. The summed E-state index contributed by atoms with van der Waals surface area (Å²) in [5, 5.41) is 3.65. The molecule has 9 heteroatoms. The fourth-order valence-corrected chi connectivity index (χ4v) is 6.10. The molecule has 1 fully saturated rings. The van der Waals surface area contributed by atoms with Crippen molar-refractivity contribution in [3.8, 4) is 5.75 Å². The first-order valence-corrected chi connectivity index (χ1v) is 13.4. The summed E-state index contributed by atoms with van der Waals surface area (Å²) < 4.78 is 33.1. The Hall–Kier alpha value is -1.80. The second-order valence-electron chi connectivity index (χ2n) is 8.52. The average molecular weight is 513 g/mol. The van der Waals surface area contributed by atoms with E-state index in [1.165, 1.54) is 10.4 Å². The van der Waals surface area contributed by atoms with E-state index in [0.29, 0.717) is 54.1 Å². The van der Waals surface area contributed by atoms with Gasteiger partial charge in [-0.1, -0.05) is 61.3 Å². The van der Waals surface area contributed by atoms with Gasteiger partial charge in [-0.3, -0.25) is 4.79 Å². The summed E-state index contributed by atoms with van der Waals surface area (Å²) in [5.74, 6) is 0.393. The predicted octanol–water partition coefficient (Wildman–Crippen LogP) is 4.85. The molecule has 1 heterocycles. The maximum Gasteiger partial charge on any atom is 0.224 e. The topological polar surface area (TPSA) is 75.7 Å². The van der Waals surface area contributed by atoms with Gasteiger partial charge in [0.05, 0.1) is 18.2 Å². The molecule has 0 aliphatic carbocycles. The zero-order valence-electron chi connectivity index (χ0n) is 18.9. The van der Waals surface area contributed by atoms with Crippen molar-refractivity contribution in [2.24, 2.45) is 5.92 Å². The third kappa shape index (κ3) is 7.09. The Morgan fingerprint density at radius 3 is 2.70 bits per heavy atom. The number of hydrogen-bond donors (Lipinski definition) is 1. The molecule has 0 aromatic heterocycles. The lowest BCUT2D eigenvalue weighted by molar-refractivity contribution is -0.126. The minimum absolute atomic E-state index is 0.153. The van der Waals surface area contributed by atoms with E-state index in [9.17, 15) is 13.2 Å². The minimum Gasteiger partial charge on any atom is -0.491 e. The summed E-state index contributed by atoms with van der Waals surface area (Å²) in [6.07, 6.45) is 1.28. The first-order chi connectivity index (χ1) is 15.7. The Balaban J connectivity index is 1.52. The molecular formula is C24H30Cl2N2O4S. The molecule has 2 aromatic carbocycles. The van der Waals surface area contributed by atoms with E-state index in [0.717, 1.165) is 11.3 Å². The van der Waals surface area contributed by atoms with Crippen LogP contribution in [0.25, 0.3) is 0 Å². The lowest BCUT2D eigenvalue weighted by atomic mass is 9.99. The lowest BCUT2D eigenvalue weighted by Gasteiger charge is -2.31. The number of carbonyl (C=O) groups excluding carboxylic acids is 1. The zero-order valence-corrected chi connectivity index (χ0v) is 21.2. The Kier molecular flexibility index (Phi) is 9.04. The number of sulfonamides is 1. The van der Waals surface area contributed by atoms with Gasteiger partial charge in [0.1, 0.15) is 12.4 Å². The molecule has 1 unspecified atom stereocenters. The van der Waals surface area contributed by atoms with Crippen LogP contribution in [0.15, 0.2) is 42.5 Å². The van der Waals surface area contributed by atoms with E-state index in [4.69, 9.17) is 27.9 Å². The number of para-hydroxylation sites is 1. The summed E-state index contributed by atoms with van der Waals surface area (Å²) >= 11 is 12.1. The van der Waals surface area contributed by atoms with Crippen LogP contribution >= 0.6 is 23.2 Å². The Labute approximate surface area is 206 Å². The molecular weight excluding hydrogens is 483 g/mol. The Bertz CT molecular complexity index is 1080. The van der Waals surface area contributed by atoms with Gasteiger partial charge < -0.3 is 10.1 Å². The second kappa shape index (κ2) is 11.6. The monoisotopic (exact) mass is 512 g/mol. The van der Waals surface area contributed by atoms with Gasteiger partial charge in [0, 0.05) is 23.1 Å². The Morgan fingerprint density at radius 2 is 1.97 bits per heavy atom. The van der Waals surface area contributed by atoms with Crippen molar-refractivity contribution in [3.05, 3.63) is 63.6 Å². The van der Waals surface area contributed by atoms with E-state index in [2.05, 4.69) is 19.2 Å². The molecule has 6 nitrogen and oxygen atoms in total. The van der Waals surface area contributed by atoms with Gasteiger partial charge in [-0.15, -0.1) is 0 Å². The van der Waals surface area contributed by atoms with Crippen LogP contribution in [-0.2, 0) is 20.6 Å². The van der Waals surface area contributed by atoms with E-state index in [1.807, 2.05) is 24.3 Å². The number of piperidine rings is 1. The van der Waals surface area contributed by atoms with Gasteiger partial charge in [-0.2, -0.15) is 0 Å². The summed E-state index contributed by atoms with van der Waals surface area (Å²) in [7, 11) is -3.61. The molecule has 1 saturated heterocycles. The Morgan fingerprint density at radius 1 is 1.21 bits per heavy atom. The first-order valence-electron chi connectivity index (χ1n) is 11.1. The van der Waals surface area contributed by atoms with Crippen LogP contribution < -0.4 is 10.1 Å². The van der Waals surface area contributed by atoms with Crippen LogP contribution in [0.5, 0.6) is 5.75 Å². The molecule has 3 rings (SSSR count). The predicted molar refractivity (Wildman–Crippen MR) is 132 cm³/mol. The average Bonchev–Trinajstić information content (AvgIpc) is 2.78. The van der Waals surface area contributed by atoms with Crippen LogP contribution in [-0.4, -0.2) is 44.9 Å². The van der Waals surface area contributed by atoms with Crippen molar-refractivity contribution >= 4 is 39.1 Å². The molecule has 33 heavy (non-hydrogen) atoms. The standard InChI is InChI=1S/C24H30Cl2N2O4S/c1-17(2)21-7-3-4-8-23(21)32-13-11-27-24(29)18-6-5-12-28(15-18)33(30,31)16-19-9-10-20(25)14-22(19)26/h3-4,7-10,14,17-18H,5-6,11-13,15-16H2,1-2H3,(H,27,29). The molecule has 1 aliphatic rings. The van der Waals surface area contributed by atoms with Crippen molar-refractivity contribution in [2.45, 2.75) is 38.4 Å². The first kappa shape index (κ1) is 25.8. The fourth-order valence-electron chi connectivity index (χ4n) is 3.90. The number of carbonyl (C=O) groups is 1. The van der Waals surface area contributed by atoms with Crippen molar-refractivity contribution in [2.75, 3.05) is 26.2 Å². The number of hydrogen-bond acceptors (Lipinski definition) is 4. The van der Waals surface area contributed by atoms with Crippen LogP contribution in [0.2, 0.25) is 10.0 Å². The molecule has 1 N–H and O–H groups in total. The summed E-state index contributed by atoms with van der Waals surface area (Å²) in [4.78, 5) is 12.7. The van der Waals surface area contributed by atoms with Gasteiger partial charge in [0.15, 0.2) is 0 Å². The van der Waals surface area contributed by atoms with Crippen molar-refractivity contribution in [1.82, 2.24) is 9.62 Å². The number of amides is 1. The number of ether oxygens (including phenoxy) is 1. The number of nitrogens with zero attached hydrogens (tertiary/aromatic N) is 1. The van der Waals surface area contributed by atoms with E-state index < -0.39 is 15.9 Å². The number of benzene rings is 2. The van der Waals surface area contributed by atoms with Gasteiger partial charge in [0.25, 0.3) is 0 Å². The zero-order chi connectivity index (χ0) is 24.0. The van der Waals surface area contributed by atoms with Gasteiger partial charge in [-0.05, 0) is 48.1 Å². The highest BCUT2D eigenvalue weighted by atomic mass is 35.5. The van der Waals surface area contributed by atoms with E-state index in [-0.39, 0.29) is 18.2 Å². The molecule has 0 spiro atoms. The molecule has 1 amide bonds. The molecule has 180 valence electrons. The van der Waals surface area contributed by atoms with Crippen LogP contribution in [0.4, 0.5) is 0 Å². The largest absolute Gasteiger partial charge is 0.491 e. The molecule has 2 aromatic rings. The lowest BCUT2D eigenvalue weighted by Crippen LogP contribution is -2.46. The number of halogens is 2. The van der Waals surface area contributed by atoms with Gasteiger partial charge in [-0.25, -0.2) is 12.7 Å². The molecule has 0 radical (unpaired) electrons. The minimum atomic E-state index is -3.61. The smallest absolute Gasteiger partial charge is 0.224 e. The maximum atomic E-state index is 12.9. The van der Waals surface area contributed by atoms with Crippen molar-refractivity contribution < 1.29 is 17.9 Å². The highest BCUT2D eigenvalue weighted by molar-refractivity contribution is 7.88. The summed E-state index contributed by atoms with van der Waals surface area (Å²) in [6.45, 7) is 5.47. The van der Waals surface area contributed by atoms with Crippen molar-refractivity contribution in [3.63, 3.8) is 0 Å². The number of rotatable bonds is 9. The molecule has 1 atom stereocenters. The van der Waals surface area contributed by atoms with E-state index in [1.54, 1.807) is 12.1 Å². The molecule has 1 aliphatic heterocycles. The van der Waals surface area contributed by atoms with Crippen LogP contribution in [0.1, 0.15) is 43.7 Å². The highest BCUT2D eigenvalue weighted by Gasteiger charge is 2.32. The molecule has 0 saturated carbocycles. The molecule has 0 bridgehead atoms. The third-order valence-corrected chi connectivity index (χ3v) is 8.08.